The van der Waals surface area contributed by atoms with E-state index in [0.29, 0.717) is 0 Å². The van der Waals surface area contributed by atoms with Gasteiger partial charge in [-0.1, -0.05) is 0 Å². The predicted octanol–water partition coefficient (Wildman–Crippen LogP) is 4.58. The largest absolute Gasteiger partial charge is 0.518 e. The molecule has 0 saturated heterocycles. The lowest BCUT2D eigenvalue weighted by molar-refractivity contribution is -0.143. The highest BCUT2D eigenvalue weighted by molar-refractivity contribution is 7.91. The fraction of sp³-hybridized carbons (Fsp3) is 0.300. The molecule has 1 aromatic carbocycles. The van der Waals surface area contributed by atoms with Crippen molar-refractivity contribution < 1.29 is 47.9 Å². The molecular weight excluding hydrogens is 419 g/mol. The molecule has 1 N–H and O–H groups in total. The highest BCUT2D eigenvalue weighted by Gasteiger charge is 2.46. The fourth-order valence-corrected chi connectivity index (χ4v) is 2.07. The molecule has 0 saturated carbocycles. The van der Waals surface area contributed by atoms with Crippen LogP contribution in [0.25, 0.3) is 0 Å². The second kappa shape index (κ2) is 6.55. The van der Waals surface area contributed by atoms with Crippen molar-refractivity contribution in [3.8, 4) is 0 Å². The zero-order valence-electron chi connectivity index (χ0n) is 11.2. The van der Waals surface area contributed by atoms with Crippen LogP contribution < -0.4 is 5.32 Å². The van der Waals surface area contributed by atoms with Gasteiger partial charge in [0, 0.05) is 5.69 Å². The summed E-state index contributed by atoms with van der Waals surface area (Å²) >= 11 is 5.04. The van der Waals surface area contributed by atoms with Crippen LogP contribution >= 0.6 is 11.6 Å². The van der Waals surface area contributed by atoms with Crippen molar-refractivity contribution in [3.05, 3.63) is 29.3 Å². The van der Waals surface area contributed by atoms with Gasteiger partial charge in [-0.2, -0.15) is 47.9 Å². The number of nitrogens with zero attached hydrogens (tertiary/aromatic N) is 1. The highest BCUT2D eigenvalue weighted by Crippen LogP contribution is 2.37. The third kappa shape index (κ3) is 5.66. The molecule has 4 nitrogen and oxygen atoms in total. The van der Waals surface area contributed by atoms with Gasteiger partial charge in [-0.15, -0.1) is 4.40 Å². The first-order valence-corrected chi connectivity index (χ1v) is 7.38. The van der Waals surface area contributed by atoms with Crippen molar-refractivity contribution in [2.75, 3.05) is 5.32 Å². The molecule has 0 fully saturated rings. The maximum absolute atomic E-state index is 12.6. The van der Waals surface area contributed by atoms with Gasteiger partial charge in [-0.25, -0.2) is 0 Å². The first-order chi connectivity index (χ1) is 10.9. The SMILES string of the molecule is O=S(=O)(N=C(Cl)Nc1cc(C(F)(F)F)cc(C(F)(F)F)c1)C(F)(F)F. The minimum Gasteiger partial charge on any atom is -0.330 e. The molecule has 15 heteroatoms. The normalized spacial score (nSPS) is 14.6. The molecule has 0 aliphatic rings. The summed E-state index contributed by atoms with van der Waals surface area (Å²) < 4.78 is 135. The molecule has 142 valence electrons. The minimum atomic E-state index is -6.15. The van der Waals surface area contributed by atoms with Crippen LogP contribution in [0.3, 0.4) is 0 Å². The van der Waals surface area contributed by atoms with E-state index in [4.69, 9.17) is 11.6 Å². The Balaban J connectivity index is 3.35. The lowest BCUT2D eigenvalue weighted by Gasteiger charge is -2.14. The molecule has 0 unspecified atom stereocenters. The van der Waals surface area contributed by atoms with Gasteiger partial charge in [0.25, 0.3) is 0 Å². The predicted molar refractivity (Wildman–Crippen MR) is 68.3 cm³/mol. The summed E-state index contributed by atoms with van der Waals surface area (Å²) in [7, 11) is -6.15. The van der Waals surface area contributed by atoms with Crippen LogP contribution in [0.15, 0.2) is 22.6 Å². The van der Waals surface area contributed by atoms with E-state index in [1.807, 2.05) is 4.40 Å². The number of alkyl halides is 9. The Bertz CT molecular complexity index is 749. The Morgan fingerprint density at radius 2 is 1.28 bits per heavy atom. The number of anilines is 1. The van der Waals surface area contributed by atoms with Crippen molar-refractivity contribution in [2.45, 2.75) is 17.9 Å². The van der Waals surface area contributed by atoms with Gasteiger partial charge in [-0.3, -0.25) is 0 Å². The van der Waals surface area contributed by atoms with Crippen LogP contribution in [0.1, 0.15) is 11.1 Å². The maximum Gasteiger partial charge on any atom is 0.518 e. The molecule has 0 spiro atoms. The van der Waals surface area contributed by atoms with Gasteiger partial charge < -0.3 is 5.32 Å². The average Bonchev–Trinajstić information content (AvgIpc) is 2.33. The number of benzene rings is 1. The molecule has 0 heterocycles. The first-order valence-electron chi connectivity index (χ1n) is 5.57. The summed E-state index contributed by atoms with van der Waals surface area (Å²) in [6.07, 6.45) is -10.4. The van der Waals surface area contributed by atoms with Crippen LogP contribution in [0.5, 0.6) is 0 Å². The third-order valence-electron chi connectivity index (χ3n) is 2.33. The van der Waals surface area contributed by atoms with Crippen molar-refractivity contribution in [1.29, 1.82) is 0 Å². The lowest BCUT2D eigenvalue weighted by atomic mass is 10.1. The van der Waals surface area contributed by atoms with Crippen LogP contribution in [-0.2, 0) is 22.4 Å². The number of rotatable bonds is 2. The molecular formula is C10H4ClF9N2O2S. The number of hydrogen-bond acceptors (Lipinski definition) is 2. The fourth-order valence-electron chi connectivity index (χ4n) is 1.33. The summed E-state index contributed by atoms with van der Waals surface area (Å²) in [5, 5.41) is -0.175. The minimum absolute atomic E-state index is 0.0767. The van der Waals surface area contributed by atoms with Gasteiger partial charge >= 0.3 is 27.9 Å². The summed E-state index contributed by atoms with van der Waals surface area (Å²) in [6.45, 7) is 0. The summed E-state index contributed by atoms with van der Waals surface area (Å²) in [5.74, 6) is 0. The average molecular weight is 423 g/mol. The van der Waals surface area contributed by atoms with Gasteiger partial charge in [0.2, 0.25) is 5.29 Å². The van der Waals surface area contributed by atoms with E-state index in [1.54, 1.807) is 0 Å². The monoisotopic (exact) mass is 422 g/mol. The van der Waals surface area contributed by atoms with Crippen LogP contribution in [0.4, 0.5) is 45.2 Å². The number of amidine groups is 1. The second-order valence-corrected chi connectivity index (χ2v) is 6.18. The van der Waals surface area contributed by atoms with Crippen LogP contribution in [0, 0.1) is 0 Å². The summed E-state index contributed by atoms with van der Waals surface area (Å²) in [5.41, 5.74) is -10.5. The van der Waals surface area contributed by atoms with Crippen molar-refractivity contribution in [3.63, 3.8) is 0 Å². The lowest BCUT2D eigenvalue weighted by Crippen LogP contribution is -2.23. The molecule has 0 radical (unpaired) electrons. The molecule has 0 amide bonds. The molecule has 1 rings (SSSR count). The Hall–Kier alpha value is -1.70. The molecule has 0 aromatic heterocycles. The zero-order valence-corrected chi connectivity index (χ0v) is 12.8. The summed E-state index contributed by atoms with van der Waals surface area (Å²) in [6, 6.07) is -0.0939. The van der Waals surface area contributed by atoms with Gasteiger partial charge in [0.15, 0.2) is 0 Å². The van der Waals surface area contributed by atoms with E-state index in [-0.39, 0.29) is 18.2 Å². The number of sulfonamides is 1. The van der Waals surface area contributed by atoms with Crippen LogP contribution in [0.2, 0.25) is 0 Å². The molecule has 25 heavy (non-hydrogen) atoms. The molecule has 0 atom stereocenters. The van der Waals surface area contributed by atoms with E-state index in [0.717, 1.165) is 0 Å². The Morgan fingerprint density at radius 3 is 1.60 bits per heavy atom. The smallest absolute Gasteiger partial charge is 0.330 e. The van der Waals surface area contributed by atoms with Gasteiger partial charge in [0.1, 0.15) is 0 Å². The third-order valence-corrected chi connectivity index (χ3v) is 3.62. The summed E-state index contributed by atoms with van der Waals surface area (Å²) in [4.78, 5) is 0. The quantitative estimate of drug-likeness (QED) is 0.328. The number of halogens is 10. The Morgan fingerprint density at radius 1 is 0.880 bits per heavy atom. The van der Waals surface area contributed by atoms with Crippen molar-refractivity contribution >= 4 is 32.6 Å². The standard InChI is InChI=1S/C10H4ClF9N2O2S/c11-7(22-25(23,24)10(18,19)20)21-6-2-4(8(12,13)14)1-5(3-6)9(15,16)17/h1-3H,(H,21,22). The molecule has 0 aliphatic carbocycles. The van der Waals surface area contributed by atoms with E-state index in [9.17, 15) is 47.9 Å². The highest BCUT2D eigenvalue weighted by atomic mass is 35.5. The molecule has 1 aromatic rings. The topological polar surface area (TPSA) is 58.5 Å². The molecule has 0 bridgehead atoms. The first kappa shape index (κ1) is 21.3. The maximum atomic E-state index is 12.6. The van der Waals surface area contributed by atoms with E-state index in [1.165, 1.54) is 5.32 Å². The number of hydrogen-bond donors (Lipinski definition) is 1. The van der Waals surface area contributed by atoms with E-state index in [2.05, 4.69) is 0 Å². The number of nitrogens with one attached hydrogen (secondary N) is 1. The second-order valence-electron chi connectivity index (χ2n) is 4.22. The van der Waals surface area contributed by atoms with Gasteiger partial charge in [-0.05, 0) is 29.8 Å². The van der Waals surface area contributed by atoms with E-state index >= 15 is 0 Å². The van der Waals surface area contributed by atoms with Gasteiger partial charge in [0.05, 0.1) is 11.1 Å². The van der Waals surface area contributed by atoms with Crippen molar-refractivity contribution in [2.24, 2.45) is 4.40 Å². The van der Waals surface area contributed by atoms with E-state index < -0.39 is 50.0 Å². The Kier molecular flexibility index (Phi) is 5.59. The zero-order chi connectivity index (χ0) is 19.8. The van der Waals surface area contributed by atoms with Crippen LogP contribution in [-0.4, -0.2) is 19.2 Å². The Labute approximate surface area is 138 Å². The van der Waals surface area contributed by atoms with Crippen molar-refractivity contribution in [1.82, 2.24) is 0 Å². The molecule has 0 aliphatic heterocycles.